The van der Waals surface area contributed by atoms with Gasteiger partial charge in [-0.3, -0.25) is 4.90 Å². The average molecular weight is 224 g/mol. The van der Waals surface area contributed by atoms with E-state index in [1.54, 1.807) is 0 Å². The largest absolute Gasteiger partial charge is 0.313 e. The van der Waals surface area contributed by atoms with E-state index in [4.69, 9.17) is 0 Å². The third kappa shape index (κ3) is 2.78. The van der Waals surface area contributed by atoms with Crippen molar-refractivity contribution in [3.63, 3.8) is 0 Å². The molecule has 2 fully saturated rings. The van der Waals surface area contributed by atoms with E-state index in [9.17, 15) is 0 Å². The summed E-state index contributed by atoms with van der Waals surface area (Å²) in [4.78, 5) is 2.74. The second kappa shape index (κ2) is 5.50. The van der Waals surface area contributed by atoms with Gasteiger partial charge in [-0.1, -0.05) is 20.3 Å². The number of nitrogens with one attached hydrogen (secondary N) is 1. The van der Waals surface area contributed by atoms with Crippen LogP contribution in [0, 0.1) is 11.8 Å². The van der Waals surface area contributed by atoms with Gasteiger partial charge in [0.2, 0.25) is 0 Å². The smallest absolute Gasteiger partial charge is 0.0198 e. The molecule has 3 atom stereocenters. The van der Waals surface area contributed by atoms with Crippen LogP contribution in [0.15, 0.2) is 0 Å². The minimum absolute atomic E-state index is 0.733. The molecule has 0 aromatic rings. The number of likely N-dealkylation sites (N-methyl/N-ethyl adjacent to an activating group) is 1. The molecule has 0 aromatic carbocycles. The summed E-state index contributed by atoms with van der Waals surface area (Å²) in [7, 11) is 0. The van der Waals surface area contributed by atoms with Crippen LogP contribution in [0.3, 0.4) is 0 Å². The molecule has 1 aliphatic heterocycles. The molecule has 0 radical (unpaired) electrons. The summed E-state index contributed by atoms with van der Waals surface area (Å²) in [5.41, 5.74) is 0. The fourth-order valence-electron chi connectivity index (χ4n) is 3.38. The molecular formula is C14H28N2. The maximum Gasteiger partial charge on any atom is 0.0198 e. The van der Waals surface area contributed by atoms with Crippen LogP contribution < -0.4 is 5.32 Å². The van der Waals surface area contributed by atoms with Gasteiger partial charge in [0.25, 0.3) is 0 Å². The number of likely N-dealkylation sites (tertiary alicyclic amines) is 1. The van der Waals surface area contributed by atoms with Gasteiger partial charge >= 0.3 is 0 Å². The second-order valence-corrected chi connectivity index (χ2v) is 5.98. The van der Waals surface area contributed by atoms with E-state index in [0.717, 1.165) is 30.5 Å². The Morgan fingerprint density at radius 3 is 2.62 bits per heavy atom. The monoisotopic (exact) mass is 224 g/mol. The first-order chi connectivity index (χ1) is 7.70. The van der Waals surface area contributed by atoms with Crippen molar-refractivity contribution in [1.29, 1.82) is 0 Å². The minimum atomic E-state index is 0.733. The molecule has 1 saturated heterocycles. The lowest BCUT2D eigenvalue weighted by atomic mass is 9.79. The third-order valence-corrected chi connectivity index (χ3v) is 4.59. The zero-order valence-electron chi connectivity index (χ0n) is 11.2. The van der Waals surface area contributed by atoms with Crippen molar-refractivity contribution >= 4 is 0 Å². The van der Waals surface area contributed by atoms with Gasteiger partial charge in [-0.05, 0) is 44.6 Å². The van der Waals surface area contributed by atoms with Crippen molar-refractivity contribution in [3.05, 3.63) is 0 Å². The van der Waals surface area contributed by atoms with Gasteiger partial charge in [-0.2, -0.15) is 0 Å². The number of rotatable bonds is 4. The molecular weight excluding hydrogens is 196 g/mol. The topological polar surface area (TPSA) is 15.3 Å². The van der Waals surface area contributed by atoms with Crippen molar-refractivity contribution in [3.8, 4) is 0 Å². The van der Waals surface area contributed by atoms with Crippen LogP contribution in [0.5, 0.6) is 0 Å². The lowest BCUT2D eigenvalue weighted by Gasteiger charge is -2.45. The molecule has 2 nitrogen and oxygen atoms in total. The van der Waals surface area contributed by atoms with Gasteiger partial charge in [-0.25, -0.2) is 0 Å². The molecule has 1 heterocycles. The SMILES string of the molecule is CCNC1CC(C)CN(C(C)C2CCC2)C1. The maximum absolute atomic E-state index is 3.63. The Labute approximate surface area is 101 Å². The minimum Gasteiger partial charge on any atom is -0.313 e. The normalized spacial score (nSPS) is 34.7. The molecule has 0 amide bonds. The van der Waals surface area contributed by atoms with Gasteiger partial charge in [0.05, 0.1) is 0 Å². The zero-order valence-corrected chi connectivity index (χ0v) is 11.2. The van der Waals surface area contributed by atoms with Crippen molar-refractivity contribution < 1.29 is 0 Å². The van der Waals surface area contributed by atoms with E-state index < -0.39 is 0 Å². The van der Waals surface area contributed by atoms with Gasteiger partial charge in [0.15, 0.2) is 0 Å². The molecule has 2 aliphatic rings. The number of hydrogen-bond donors (Lipinski definition) is 1. The Hall–Kier alpha value is -0.0800. The predicted molar refractivity (Wildman–Crippen MR) is 69.6 cm³/mol. The number of hydrogen-bond acceptors (Lipinski definition) is 2. The molecule has 3 unspecified atom stereocenters. The molecule has 16 heavy (non-hydrogen) atoms. The first-order valence-electron chi connectivity index (χ1n) is 7.18. The standard InChI is InChI=1S/C14H28N2/c1-4-15-14-8-11(2)9-16(10-14)12(3)13-6-5-7-13/h11-15H,4-10H2,1-3H3. The van der Waals surface area contributed by atoms with Crippen molar-refractivity contribution in [1.82, 2.24) is 10.2 Å². The van der Waals surface area contributed by atoms with Gasteiger partial charge < -0.3 is 5.32 Å². The Bertz CT molecular complexity index is 213. The van der Waals surface area contributed by atoms with Crippen molar-refractivity contribution in [2.45, 2.75) is 58.5 Å². The Morgan fingerprint density at radius 1 is 1.31 bits per heavy atom. The van der Waals surface area contributed by atoms with Crippen LogP contribution in [0.25, 0.3) is 0 Å². The second-order valence-electron chi connectivity index (χ2n) is 5.98. The molecule has 1 aliphatic carbocycles. The van der Waals surface area contributed by atoms with E-state index in [0.29, 0.717) is 0 Å². The molecule has 1 saturated carbocycles. The van der Waals surface area contributed by atoms with Gasteiger partial charge in [-0.15, -0.1) is 0 Å². The summed E-state index contributed by atoms with van der Waals surface area (Å²) in [6.45, 7) is 10.8. The highest BCUT2D eigenvalue weighted by atomic mass is 15.2. The highest BCUT2D eigenvalue weighted by Crippen LogP contribution is 2.33. The molecule has 94 valence electrons. The van der Waals surface area contributed by atoms with E-state index in [1.165, 1.54) is 38.8 Å². The van der Waals surface area contributed by atoms with Crippen LogP contribution in [0.4, 0.5) is 0 Å². The van der Waals surface area contributed by atoms with Crippen LogP contribution in [-0.2, 0) is 0 Å². The van der Waals surface area contributed by atoms with E-state index >= 15 is 0 Å². The van der Waals surface area contributed by atoms with E-state index in [1.807, 2.05) is 0 Å². The summed E-state index contributed by atoms with van der Waals surface area (Å²) in [5.74, 6) is 1.85. The van der Waals surface area contributed by atoms with Crippen LogP contribution >= 0.6 is 0 Å². The Morgan fingerprint density at radius 2 is 2.06 bits per heavy atom. The molecule has 1 N–H and O–H groups in total. The first kappa shape index (κ1) is 12.4. The Kier molecular flexibility index (Phi) is 4.26. The lowest BCUT2D eigenvalue weighted by molar-refractivity contribution is 0.0562. The predicted octanol–water partition coefficient (Wildman–Crippen LogP) is 2.49. The quantitative estimate of drug-likeness (QED) is 0.789. The molecule has 0 spiro atoms. The van der Waals surface area contributed by atoms with Crippen molar-refractivity contribution in [2.75, 3.05) is 19.6 Å². The number of piperidine rings is 1. The fourth-order valence-corrected chi connectivity index (χ4v) is 3.38. The van der Waals surface area contributed by atoms with Crippen LogP contribution in [0.2, 0.25) is 0 Å². The zero-order chi connectivity index (χ0) is 11.5. The highest BCUT2D eigenvalue weighted by Gasteiger charge is 2.32. The summed E-state index contributed by atoms with van der Waals surface area (Å²) < 4.78 is 0. The molecule has 2 heteroatoms. The summed E-state index contributed by atoms with van der Waals surface area (Å²) >= 11 is 0. The maximum atomic E-state index is 3.63. The summed E-state index contributed by atoms with van der Waals surface area (Å²) in [6.07, 6.45) is 5.77. The summed E-state index contributed by atoms with van der Waals surface area (Å²) in [5, 5.41) is 3.63. The van der Waals surface area contributed by atoms with Gasteiger partial charge in [0.1, 0.15) is 0 Å². The van der Waals surface area contributed by atoms with E-state index in [-0.39, 0.29) is 0 Å². The Balaban J connectivity index is 1.87. The fraction of sp³-hybridized carbons (Fsp3) is 1.00. The van der Waals surface area contributed by atoms with Crippen LogP contribution in [0.1, 0.15) is 46.5 Å². The lowest BCUT2D eigenvalue weighted by Crippen LogP contribution is -2.53. The molecule has 0 aromatic heterocycles. The average Bonchev–Trinajstić information content (AvgIpc) is 2.14. The number of nitrogens with zero attached hydrogens (tertiary/aromatic N) is 1. The molecule has 0 bridgehead atoms. The van der Waals surface area contributed by atoms with E-state index in [2.05, 4.69) is 31.0 Å². The van der Waals surface area contributed by atoms with Crippen molar-refractivity contribution in [2.24, 2.45) is 11.8 Å². The highest BCUT2D eigenvalue weighted by molar-refractivity contribution is 4.88. The van der Waals surface area contributed by atoms with Crippen LogP contribution in [-0.4, -0.2) is 36.6 Å². The first-order valence-corrected chi connectivity index (χ1v) is 7.18. The molecule has 2 rings (SSSR count). The van der Waals surface area contributed by atoms with Gasteiger partial charge in [0, 0.05) is 25.2 Å². The summed E-state index contributed by atoms with van der Waals surface area (Å²) in [6, 6.07) is 1.55. The third-order valence-electron chi connectivity index (χ3n) is 4.59.